The van der Waals surface area contributed by atoms with Crippen molar-refractivity contribution in [1.29, 1.82) is 0 Å². The van der Waals surface area contributed by atoms with Crippen LogP contribution in [-0.2, 0) is 37.6 Å². The Morgan fingerprint density at radius 1 is 1.00 bits per heavy atom. The van der Waals surface area contributed by atoms with Gasteiger partial charge in [0.2, 0.25) is 0 Å². The minimum atomic E-state index is -4.66. The molecule has 0 saturated carbocycles. The van der Waals surface area contributed by atoms with E-state index in [2.05, 4.69) is 0 Å². The van der Waals surface area contributed by atoms with E-state index >= 15 is 0 Å². The van der Waals surface area contributed by atoms with Crippen molar-refractivity contribution in [3.05, 3.63) is 83.4 Å². The summed E-state index contributed by atoms with van der Waals surface area (Å²) in [5, 5.41) is 9.23. The van der Waals surface area contributed by atoms with Crippen molar-refractivity contribution >= 4 is 15.8 Å². The molecule has 11 heteroatoms. The zero-order valence-electron chi connectivity index (χ0n) is 22.4. The van der Waals surface area contributed by atoms with Gasteiger partial charge in [0.1, 0.15) is 27.9 Å². The molecule has 41 heavy (non-hydrogen) atoms. The van der Waals surface area contributed by atoms with Crippen molar-refractivity contribution in [2.75, 3.05) is 31.3 Å². The molecule has 0 aliphatic carbocycles. The lowest BCUT2D eigenvalue weighted by atomic mass is 9.76. The van der Waals surface area contributed by atoms with Gasteiger partial charge in [0.25, 0.3) is 0 Å². The lowest BCUT2D eigenvalue weighted by Crippen LogP contribution is -2.48. The highest BCUT2D eigenvalue weighted by molar-refractivity contribution is 7.91. The predicted octanol–water partition coefficient (Wildman–Crippen LogP) is 5.90. The molecule has 1 aliphatic heterocycles. The fourth-order valence-electron chi connectivity index (χ4n) is 4.58. The number of hydrogen-bond donors (Lipinski definition) is 1. The maximum absolute atomic E-state index is 13.8. The van der Waals surface area contributed by atoms with Crippen molar-refractivity contribution in [2.45, 2.75) is 38.0 Å². The number of hydrogen-bond acceptors (Lipinski definition) is 6. The SMILES string of the molecule is CCS(=O)(=O)CCCOc1ccc(-c2cccc(COc3ccc(C4(CC(=O)O)COC4)cc3)c2)cc1C(F)(F)F. The Morgan fingerprint density at radius 2 is 1.71 bits per heavy atom. The summed E-state index contributed by atoms with van der Waals surface area (Å²) in [5.74, 6) is -0.855. The number of sulfone groups is 1. The Labute approximate surface area is 236 Å². The van der Waals surface area contributed by atoms with Crippen LogP contribution < -0.4 is 9.47 Å². The van der Waals surface area contributed by atoms with Crippen LogP contribution in [0.15, 0.2) is 66.7 Å². The molecule has 0 atom stereocenters. The summed E-state index contributed by atoms with van der Waals surface area (Å²) in [6, 6.07) is 17.9. The Hall–Kier alpha value is -3.57. The van der Waals surface area contributed by atoms with E-state index in [1.807, 2.05) is 12.1 Å². The number of halogens is 3. The van der Waals surface area contributed by atoms with Crippen molar-refractivity contribution in [1.82, 2.24) is 0 Å². The minimum absolute atomic E-state index is 0.0214. The third-order valence-corrected chi connectivity index (χ3v) is 8.75. The summed E-state index contributed by atoms with van der Waals surface area (Å²) in [5.41, 5.74) is 1.04. The van der Waals surface area contributed by atoms with E-state index in [0.717, 1.165) is 17.2 Å². The smallest absolute Gasteiger partial charge is 0.419 e. The van der Waals surface area contributed by atoms with Gasteiger partial charge in [-0.1, -0.05) is 43.3 Å². The van der Waals surface area contributed by atoms with Gasteiger partial charge in [0, 0.05) is 5.75 Å². The molecule has 0 bridgehead atoms. The van der Waals surface area contributed by atoms with Gasteiger partial charge in [0.15, 0.2) is 0 Å². The first-order chi connectivity index (χ1) is 19.4. The maximum Gasteiger partial charge on any atom is 0.419 e. The first kappa shape index (κ1) is 30.4. The molecule has 4 rings (SSSR count). The number of carboxylic acid groups (broad SMARTS) is 1. The topological polar surface area (TPSA) is 99.1 Å². The first-order valence-corrected chi connectivity index (χ1v) is 14.9. The van der Waals surface area contributed by atoms with Crippen molar-refractivity contribution in [3.8, 4) is 22.6 Å². The fourth-order valence-corrected chi connectivity index (χ4v) is 5.43. The van der Waals surface area contributed by atoms with Gasteiger partial charge in [-0.25, -0.2) is 8.42 Å². The van der Waals surface area contributed by atoms with Crippen LogP contribution in [0.5, 0.6) is 11.5 Å². The monoisotopic (exact) mass is 592 g/mol. The first-order valence-electron chi connectivity index (χ1n) is 13.1. The highest BCUT2D eigenvalue weighted by Gasteiger charge is 2.42. The summed E-state index contributed by atoms with van der Waals surface area (Å²) in [6.45, 7) is 2.23. The molecule has 0 radical (unpaired) electrons. The normalized spacial score (nSPS) is 14.7. The Bertz CT molecular complexity index is 1460. The molecule has 1 fully saturated rings. The summed E-state index contributed by atoms with van der Waals surface area (Å²) in [7, 11) is -3.23. The lowest BCUT2D eigenvalue weighted by molar-refractivity contribution is -0.145. The molecule has 0 aromatic heterocycles. The molecule has 0 unspecified atom stereocenters. The van der Waals surface area contributed by atoms with Gasteiger partial charge in [-0.2, -0.15) is 13.2 Å². The lowest BCUT2D eigenvalue weighted by Gasteiger charge is -2.40. The number of benzene rings is 3. The number of rotatable bonds is 13. The molecule has 7 nitrogen and oxygen atoms in total. The third kappa shape index (κ3) is 7.80. The predicted molar refractivity (Wildman–Crippen MR) is 147 cm³/mol. The van der Waals surface area contributed by atoms with Gasteiger partial charge in [-0.15, -0.1) is 0 Å². The zero-order chi connectivity index (χ0) is 29.7. The van der Waals surface area contributed by atoms with Crippen molar-refractivity contribution in [2.24, 2.45) is 0 Å². The summed E-state index contributed by atoms with van der Waals surface area (Å²) >= 11 is 0. The van der Waals surface area contributed by atoms with Gasteiger partial charge in [-0.05, 0) is 59.0 Å². The molecule has 1 heterocycles. The van der Waals surface area contributed by atoms with E-state index in [-0.39, 0.29) is 43.3 Å². The molecular formula is C30H31F3O7S. The largest absolute Gasteiger partial charge is 0.493 e. The molecule has 1 aliphatic rings. The van der Waals surface area contributed by atoms with Gasteiger partial charge in [-0.3, -0.25) is 4.79 Å². The Morgan fingerprint density at radius 3 is 2.32 bits per heavy atom. The third-order valence-electron chi connectivity index (χ3n) is 6.96. The number of carboxylic acids is 1. The van der Waals surface area contributed by atoms with E-state index < -0.39 is 33.0 Å². The second-order valence-corrected chi connectivity index (χ2v) is 12.5. The molecule has 0 spiro atoms. The molecule has 1 N–H and O–H groups in total. The van der Waals surface area contributed by atoms with E-state index in [0.29, 0.717) is 30.1 Å². The van der Waals surface area contributed by atoms with Crippen LogP contribution in [0.4, 0.5) is 13.2 Å². The van der Waals surface area contributed by atoms with Gasteiger partial charge >= 0.3 is 12.1 Å². The molecule has 1 saturated heterocycles. The molecule has 3 aromatic carbocycles. The standard InChI is InChI=1S/C30H31F3O7S/c1-2-41(36,37)14-4-13-39-27-12-7-23(16-26(27)30(31,32)33)22-6-3-5-21(15-22)18-40-25-10-8-24(9-11-25)29(17-28(34)35)19-38-20-29/h3,5-12,15-16H,2,4,13-14,17-20H2,1H3,(H,34,35). The molecule has 3 aromatic rings. The summed E-state index contributed by atoms with van der Waals surface area (Å²) in [6.07, 6.45) is -4.59. The Kier molecular flexibility index (Phi) is 9.28. The van der Waals surface area contributed by atoms with Gasteiger partial charge in [0.05, 0.1) is 43.0 Å². The minimum Gasteiger partial charge on any atom is -0.493 e. The highest BCUT2D eigenvalue weighted by atomic mass is 32.2. The van der Waals surface area contributed by atoms with Crippen LogP contribution in [-0.4, -0.2) is 50.8 Å². The number of ether oxygens (including phenoxy) is 3. The van der Waals surface area contributed by atoms with E-state index in [9.17, 15) is 31.5 Å². The van der Waals surface area contributed by atoms with Crippen LogP contribution in [0.3, 0.4) is 0 Å². The fraction of sp³-hybridized carbons (Fsp3) is 0.367. The number of aliphatic carboxylic acids is 1. The average Bonchev–Trinajstić information content (AvgIpc) is 2.92. The number of carbonyl (C=O) groups is 1. The van der Waals surface area contributed by atoms with E-state index in [1.54, 1.807) is 36.4 Å². The van der Waals surface area contributed by atoms with Crippen molar-refractivity contribution < 1.29 is 45.7 Å². The Balaban J connectivity index is 1.43. The molecule has 0 amide bonds. The van der Waals surface area contributed by atoms with Crippen LogP contribution in [0.2, 0.25) is 0 Å². The maximum atomic E-state index is 13.8. The molecular weight excluding hydrogens is 561 g/mol. The molecule has 220 valence electrons. The highest BCUT2D eigenvalue weighted by Crippen LogP contribution is 2.39. The van der Waals surface area contributed by atoms with Crippen LogP contribution >= 0.6 is 0 Å². The van der Waals surface area contributed by atoms with Crippen LogP contribution in [0.1, 0.15) is 36.5 Å². The zero-order valence-corrected chi connectivity index (χ0v) is 23.3. The van der Waals surface area contributed by atoms with Crippen LogP contribution in [0, 0.1) is 0 Å². The van der Waals surface area contributed by atoms with Crippen LogP contribution in [0.25, 0.3) is 11.1 Å². The second-order valence-electron chi connectivity index (χ2n) is 10.0. The van der Waals surface area contributed by atoms with E-state index in [1.165, 1.54) is 19.1 Å². The summed E-state index contributed by atoms with van der Waals surface area (Å²) < 4.78 is 81.2. The average molecular weight is 593 g/mol. The summed E-state index contributed by atoms with van der Waals surface area (Å²) in [4.78, 5) is 11.3. The second kappa shape index (κ2) is 12.5. The number of alkyl halides is 3. The van der Waals surface area contributed by atoms with Gasteiger partial charge < -0.3 is 19.3 Å². The quantitative estimate of drug-likeness (QED) is 0.247. The van der Waals surface area contributed by atoms with Crippen molar-refractivity contribution in [3.63, 3.8) is 0 Å². The van der Waals surface area contributed by atoms with E-state index in [4.69, 9.17) is 14.2 Å².